The van der Waals surface area contributed by atoms with Crippen LogP contribution in [0.25, 0.3) is 0 Å². The molecule has 0 saturated carbocycles. The van der Waals surface area contributed by atoms with E-state index < -0.39 is 0 Å². The second-order valence-corrected chi connectivity index (χ2v) is 4.37. The third kappa shape index (κ3) is 1.94. The molecule has 0 fully saturated rings. The van der Waals surface area contributed by atoms with Gasteiger partial charge in [0.05, 0.1) is 0 Å². The summed E-state index contributed by atoms with van der Waals surface area (Å²) in [7, 11) is 1.69. The summed E-state index contributed by atoms with van der Waals surface area (Å²) in [6, 6.07) is 8.18. The molecule has 0 bridgehead atoms. The van der Waals surface area contributed by atoms with Gasteiger partial charge in [-0.15, -0.1) is 0 Å². The first-order valence-corrected chi connectivity index (χ1v) is 4.97. The van der Waals surface area contributed by atoms with Crippen LogP contribution in [0.1, 0.15) is 0 Å². The molecule has 0 aromatic heterocycles. The minimum atomic E-state index is 0.907. The zero-order valence-electron chi connectivity index (χ0n) is 5.29. The van der Waals surface area contributed by atoms with Gasteiger partial charge in [-0.05, 0) is 0 Å². The fourth-order valence-electron chi connectivity index (χ4n) is 0.642. The Hall–Kier alpha value is -0.0969. The molecule has 0 radical (unpaired) electrons. The van der Waals surface area contributed by atoms with Gasteiger partial charge in [-0.2, -0.15) is 0 Å². The van der Waals surface area contributed by atoms with Crippen molar-refractivity contribution >= 4 is 28.0 Å². The molecule has 2 heteroatoms. The molecule has 0 N–H and O–H groups in total. The van der Waals surface area contributed by atoms with Gasteiger partial charge in [0.1, 0.15) is 0 Å². The van der Waals surface area contributed by atoms with E-state index in [1.165, 1.54) is 3.27 Å². The van der Waals surface area contributed by atoms with Gasteiger partial charge in [-0.3, -0.25) is 0 Å². The van der Waals surface area contributed by atoms with E-state index in [0.29, 0.717) is 0 Å². The van der Waals surface area contributed by atoms with Crippen LogP contribution in [0.2, 0.25) is 0 Å². The van der Waals surface area contributed by atoms with Crippen LogP contribution in [0.15, 0.2) is 24.3 Å². The standard InChI is InChI=1S/C7H7O.Bi.2H/c1-8-7-5-3-2-4-6-7;;;/h2-3,5-6H,1H3;;;. The van der Waals surface area contributed by atoms with Crippen molar-refractivity contribution in [1.29, 1.82) is 0 Å². The molecule has 0 atom stereocenters. The minimum absolute atomic E-state index is 0.907. The first kappa shape index (κ1) is 7.02. The number of rotatable bonds is 1. The predicted molar refractivity (Wildman–Crippen MR) is 41.2 cm³/mol. The molecule has 0 saturated heterocycles. The van der Waals surface area contributed by atoms with E-state index >= 15 is 0 Å². The molecular weight excluding hydrogens is 309 g/mol. The van der Waals surface area contributed by atoms with E-state index in [9.17, 15) is 0 Å². The van der Waals surface area contributed by atoms with Crippen molar-refractivity contribution in [1.82, 2.24) is 0 Å². The van der Waals surface area contributed by atoms with Gasteiger partial charge in [0.25, 0.3) is 0 Å². The molecule has 1 aromatic carbocycles. The monoisotopic (exact) mass is 318 g/mol. The number of methoxy groups -OCH3 is 1. The topological polar surface area (TPSA) is 9.23 Å². The zero-order chi connectivity index (χ0) is 6.69. The van der Waals surface area contributed by atoms with Crippen molar-refractivity contribution in [3.05, 3.63) is 24.3 Å². The van der Waals surface area contributed by atoms with Gasteiger partial charge in [0.2, 0.25) is 0 Å². The normalized spacial score (nSPS) is 9.11. The molecule has 9 heavy (non-hydrogen) atoms. The maximum atomic E-state index is 5.02. The number of hydrogen-bond donors (Lipinski definition) is 0. The van der Waals surface area contributed by atoms with Gasteiger partial charge in [0.15, 0.2) is 0 Å². The van der Waals surface area contributed by atoms with Crippen LogP contribution in [-0.2, 0) is 0 Å². The van der Waals surface area contributed by atoms with Gasteiger partial charge >= 0.3 is 69.9 Å². The summed E-state index contributed by atoms with van der Waals surface area (Å²) in [5.41, 5.74) is 0. The van der Waals surface area contributed by atoms with Crippen molar-refractivity contribution in [2.45, 2.75) is 0 Å². The summed E-state index contributed by atoms with van der Waals surface area (Å²) in [5, 5.41) is 0. The molecule has 1 nitrogen and oxygen atoms in total. The quantitative estimate of drug-likeness (QED) is 0.660. The summed E-state index contributed by atoms with van der Waals surface area (Å²) in [4.78, 5) is 0. The molecule has 1 rings (SSSR count). The van der Waals surface area contributed by atoms with E-state index in [0.717, 1.165) is 30.5 Å². The summed E-state index contributed by atoms with van der Waals surface area (Å²) < 4.78 is 6.42. The van der Waals surface area contributed by atoms with Crippen LogP contribution in [0.5, 0.6) is 5.75 Å². The van der Waals surface area contributed by atoms with Gasteiger partial charge in [0, 0.05) is 0 Å². The number of ether oxygens (including phenoxy) is 1. The van der Waals surface area contributed by atoms with E-state index in [2.05, 4.69) is 12.1 Å². The molecule has 0 spiro atoms. The molecule has 1 aromatic rings. The van der Waals surface area contributed by atoms with E-state index in [1.54, 1.807) is 7.11 Å². The van der Waals surface area contributed by atoms with Crippen LogP contribution < -0.4 is 8.01 Å². The molecule has 0 unspecified atom stereocenters. The van der Waals surface area contributed by atoms with Crippen LogP contribution in [0.4, 0.5) is 0 Å². The summed E-state index contributed by atoms with van der Waals surface area (Å²) in [6.07, 6.45) is 0. The van der Waals surface area contributed by atoms with Crippen molar-refractivity contribution in [3.8, 4) is 5.75 Å². The molecular formula is C7H9BiO. The Morgan fingerprint density at radius 3 is 2.67 bits per heavy atom. The Morgan fingerprint density at radius 2 is 2.22 bits per heavy atom. The third-order valence-electron chi connectivity index (χ3n) is 1.09. The fourth-order valence-corrected chi connectivity index (χ4v) is 1.71. The van der Waals surface area contributed by atoms with Crippen molar-refractivity contribution < 1.29 is 4.74 Å². The van der Waals surface area contributed by atoms with Crippen molar-refractivity contribution in [3.63, 3.8) is 0 Å². The summed E-state index contributed by atoms with van der Waals surface area (Å²) in [5.74, 6) is 0.968. The molecule has 0 aliphatic rings. The Morgan fingerprint density at radius 1 is 1.44 bits per heavy atom. The van der Waals surface area contributed by atoms with Gasteiger partial charge in [-0.25, -0.2) is 0 Å². The summed E-state index contributed by atoms with van der Waals surface area (Å²) in [6.45, 7) is 0. The zero-order valence-corrected chi connectivity index (χ0v) is 9.78. The van der Waals surface area contributed by atoms with Crippen LogP contribution in [0, 0.1) is 0 Å². The Labute approximate surface area is 69.9 Å². The Balaban J connectivity index is 2.94. The van der Waals surface area contributed by atoms with Crippen LogP contribution >= 0.6 is 0 Å². The van der Waals surface area contributed by atoms with E-state index in [4.69, 9.17) is 4.74 Å². The van der Waals surface area contributed by atoms with Crippen LogP contribution in [-0.4, -0.2) is 31.8 Å². The first-order valence-electron chi connectivity index (χ1n) is 2.72. The van der Waals surface area contributed by atoms with Gasteiger partial charge in [-0.1, -0.05) is 0 Å². The average molecular weight is 318 g/mol. The Kier molecular flexibility index (Phi) is 2.47. The number of hydrogen-bond acceptors (Lipinski definition) is 1. The maximum absolute atomic E-state index is 5.02. The SMILES string of the molecule is COc1ccc[c]([BiH2])c1. The molecule has 0 heterocycles. The predicted octanol–water partition coefficient (Wildman–Crippen LogP) is -0.0464. The average Bonchev–Trinajstić information content (AvgIpc) is 1.88. The Bertz CT molecular complexity index is 198. The molecule has 0 aliphatic heterocycles. The summed E-state index contributed by atoms with van der Waals surface area (Å²) >= 11 is 0.907. The second kappa shape index (κ2) is 3.17. The van der Waals surface area contributed by atoms with E-state index in [1.807, 2.05) is 12.1 Å². The second-order valence-electron chi connectivity index (χ2n) is 1.78. The first-order chi connectivity index (χ1) is 4.33. The fraction of sp³-hybridized carbons (Fsp3) is 0.143. The third-order valence-corrected chi connectivity index (χ3v) is 2.49. The molecule has 0 aliphatic carbocycles. The van der Waals surface area contributed by atoms with E-state index in [-0.39, 0.29) is 0 Å². The number of benzene rings is 1. The van der Waals surface area contributed by atoms with Crippen LogP contribution in [0.3, 0.4) is 0 Å². The van der Waals surface area contributed by atoms with Crippen molar-refractivity contribution in [2.24, 2.45) is 0 Å². The molecule has 48 valence electrons. The molecule has 0 amide bonds. The van der Waals surface area contributed by atoms with Gasteiger partial charge < -0.3 is 0 Å². The van der Waals surface area contributed by atoms with Crippen molar-refractivity contribution in [2.75, 3.05) is 7.11 Å².